The molecule has 31 heavy (non-hydrogen) atoms. The maximum Gasteiger partial charge on any atom is 0.249 e. The second-order valence-corrected chi connectivity index (χ2v) is 8.94. The number of anilines is 2. The molecule has 2 aliphatic heterocycles. The highest BCUT2D eigenvalue weighted by molar-refractivity contribution is 6.38. The zero-order valence-electron chi connectivity index (χ0n) is 19.4. The second kappa shape index (κ2) is 8.56. The van der Waals surface area contributed by atoms with E-state index in [0.29, 0.717) is 37.1 Å². The maximum atomic E-state index is 13.1. The van der Waals surface area contributed by atoms with E-state index in [-0.39, 0.29) is 23.6 Å². The van der Waals surface area contributed by atoms with Crippen LogP contribution in [0.25, 0.3) is 0 Å². The Morgan fingerprint density at radius 1 is 0.710 bits per heavy atom. The number of rotatable bonds is 10. The van der Waals surface area contributed by atoms with E-state index in [4.69, 9.17) is 0 Å². The molecule has 2 saturated heterocycles. The lowest BCUT2D eigenvalue weighted by Crippen LogP contribution is -2.67. The van der Waals surface area contributed by atoms with E-state index >= 15 is 0 Å². The molecule has 3 rings (SSSR count). The zero-order valence-corrected chi connectivity index (χ0v) is 19.4. The van der Waals surface area contributed by atoms with Gasteiger partial charge in [0.2, 0.25) is 23.6 Å². The van der Waals surface area contributed by atoms with Gasteiger partial charge in [-0.15, -0.1) is 0 Å². The summed E-state index contributed by atoms with van der Waals surface area (Å²) in [6.45, 7) is 9.67. The van der Waals surface area contributed by atoms with E-state index in [2.05, 4.69) is 0 Å². The summed E-state index contributed by atoms with van der Waals surface area (Å²) in [4.78, 5) is 54.7. The average Bonchev–Trinajstić information content (AvgIpc) is 2.77. The van der Waals surface area contributed by atoms with Gasteiger partial charge in [-0.1, -0.05) is 59.4 Å². The highest BCUT2D eigenvalue weighted by Gasteiger charge is 2.61. The number of benzene rings is 1. The first-order chi connectivity index (χ1) is 14.8. The number of aryl methyl sites for hydroxylation is 1. The van der Waals surface area contributed by atoms with Crippen LogP contribution in [0.1, 0.15) is 84.6 Å². The van der Waals surface area contributed by atoms with E-state index in [0.717, 1.165) is 31.2 Å². The van der Waals surface area contributed by atoms with Crippen LogP contribution in [-0.4, -0.2) is 23.6 Å². The van der Waals surface area contributed by atoms with E-state index in [1.165, 1.54) is 9.80 Å². The molecule has 0 aromatic heterocycles. The van der Waals surface area contributed by atoms with Crippen molar-refractivity contribution in [3.8, 4) is 0 Å². The number of amides is 4. The van der Waals surface area contributed by atoms with Gasteiger partial charge in [-0.2, -0.15) is 0 Å². The molecule has 6 heteroatoms. The first-order valence-electron chi connectivity index (χ1n) is 11.6. The molecule has 0 radical (unpaired) electrons. The number of carbonyl (C=O) groups is 4. The molecule has 0 unspecified atom stereocenters. The van der Waals surface area contributed by atoms with Crippen molar-refractivity contribution in [3.05, 3.63) is 23.8 Å². The van der Waals surface area contributed by atoms with Crippen LogP contribution in [0.4, 0.5) is 11.4 Å². The van der Waals surface area contributed by atoms with Crippen molar-refractivity contribution in [2.24, 2.45) is 10.8 Å². The molecule has 4 amide bonds. The van der Waals surface area contributed by atoms with Crippen molar-refractivity contribution in [1.82, 2.24) is 0 Å². The lowest BCUT2D eigenvalue weighted by molar-refractivity contribution is -0.154. The highest BCUT2D eigenvalue weighted by atomic mass is 16.2. The van der Waals surface area contributed by atoms with Gasteiger partial charge in [-0.3, -0.25) is 19.2 Å². The van der Waals surface area contributed by atoms with Crippen LogP contribution in [0, 0.1) is 17.8 Å². The third-order valence-electron chi connectivity index (χ3n) is 7.26. The van der Waals surface area contributed by atoms with Gasteiger partial charge in [0.1, 0.15) is 10.8 Å². The normalized spacial score (nSPS) is 19.5. The van der Waals surface area contributed by atoms with Crippen LogP contribution in [-0.2, 0) is 19.2 Å². The Morgan fingerprint density at radius 2 is 1.16 bits per heavy atom. The Hall–Kier alpha value is -2.50. The van der Waals surface area contributed by atoms with Crippen LogP contribution in [0.3, 0.4) is 0 Å². The molecule has 2 fully saturated rings. The number of hydrogen-bond donors (Lipinski definition) is 0. The first-order valence-corrected chi connectivity index (χ1v) is 11.6. The van der Waals surface area contributed by atoms with E-state index < -0.39 is 10.8 Å². The Morgan fingerprint density at radius 3 is 1.58 bits per heavy atom. The van der Waals surface area contributed by atoms with Gasteiger partial charge in [0.05, 0.1) is 11.4 Å². The lowest BCUT2D eigenvalue weighted by atomic mass is 9.70. The monoisotopic (exact) mass is 426 g/mol. The minimum absolute atomic E-state index is 0.180. The van der Waals surface area contributed by atoms with Crippen LogP contribution in [0.2, 0.25) is 0 Å². The van der Waals surface area contributed by atoms with Crippen molar-refractivity contribution in [1.29, 1.82) is 0 Å². The minimum Gasteiger partial charge on any atom is -0.273 e. The number of hydrogen-bond acceptors (Lipinski definition) is 4. The lowest BCUT2D eigenvalue weighted by Gasteiger charge is -2.48. The molecule has 0 N–H and O–H groups in total. The summed E-state index contributed by atoms with van der Waals surface area (Å²) in [5, 5.41) is 0. The van der Waals surface area contributed by atoms with Gasteiger partial charge in [0.25, 0.3) is 0 Å². The largest absolute Gasteiger partial charge is 0.273 e. The Labute approximate surface area is 185 Å². The van der Waals surface area contributed by atoms with Crippen molar-refractivity contribution >= 4 is 35.0 Å². The van der Waals surface area contributed by atoms with Gasteiger partial charge in [-0.05, 0) is 50.3 Å². The highest BCUT2D eigenvalue weighted by Crippen LogP contribution is 2.48. The van der Waals surface area contributed by atoms with Crippen molar-refractivity contribution < 1.29 is 19.2 Å². The number of β-lactam (4-membered cyclic amide) rings is 4. The smallest absolute Gasteiger partial charge is 0.249 e. The molecular formula is C25H34N2O4. The van der Waals surface area contributed by atoms with Gasteiger partial charge in [0, 0.05) is 0 Å². The minimum atomic E-state index is -0.932. The molecule has 0 spiro atoms. The van der Waals surface area contributed by atoms with Gasteiger partial charge in [-0.25, -0.2) is 9.80 Å². The number of carbonyl (C=O) groups excluding carboxylic acids is 4. The predicted octanol–water partition coefficient (Wildman–Crippen LogP) is 4.91. The molecule has 0 saturated carbocycles. The quantitative estimate of drug-likeness (QED) is 0.393. The molecule has 0 bridgehead atoms. The summed E-state index contributed by atoms with van der Waals surface area (Å²) in [5.74, 6) is -0.729. The van der Waals surface area contributed by atoms with Crippen molar-refractivity contribution in [2.45, 2.75) is 86.0 Å². The molecule has 2 heterocycles. The van der Waals surface area contributed by atoms with Crippen LogP contribution in [0.15, 0.2) is 18.2 Å². The molecule has 2 aliphatic rings. The number of unbranched alkanes of at least 4 members (excludes halogenated alkanes) is 2. The second-order valence-electron chi connectivity index (χ2n) is 8.94. The van der Waals surface area contributed by atoms with Crippen LogP contribution < -0.4 is 9.80 Å². The molecule has 0 atom stereocenters. The summed E-state index contributed by atoms with van der Waals surface area (Å²) in [6, 6.07) is 5.12. The Balaban J connectivity index is 1.89. The third-order valence-corrected chi connectivity index (χ3v) is 7.26. The third kappa shape index (κ3) is 3.22. The Bertz CT molecular complexity index is 888. The standard InChI is InChI=1S/C25H34N2O4/c1-6-10-14-24(8-3)20(28)26(21(24)29)18-13-12-17(5)19(16-18)27-22(30)25(9-4,23(27)31)15-11-7-2/h12-13,16H,6-11,14-15H2,1-5H3. The molecule has 1 aromatic carbocycles. The van der Waals surface area contributed by atoms with Gasteiger partial charge < -0.3 is 0 Å². The SMILES string of the molecule is CCCCC1(CC)C(=O)N(c2ccc(C)c(N3C(=O)C(CC)(CCCC)C3=O)c2)C1=O. The summed E-state index contributed by atoms with van der Waals surface area (Å²) < 4.78 is 0. The molecular weight excluding hydrogens is 392 g/mol. The predicted molar refractivity (Wildman–Crippen MR) is 121 cm³/mol. The summed E-state index contributed by atoms with van der Waals surface area (Å²) in [7, 11) is 0. The van der Waals surface area contributed by atoms with Crippen molar-refractivity contribution in [3.63, 3.8) is 0 Å². The van der Waals surface area contributed by atoms with Crippen LogP contribution in [0.5, 0.6) is 0 Å². The molecule has 1 aromatic rings. The fourth-order valence-corrected chi connectivity index (χ4v) is 4.89. The van der Waals surface area contributed by atoms with Gasteiger partial charge >= 0.3 is 0 Å². The summed E-state index contributed by atoms with van der Waals surface area (Å²) in [5.41, 5.74) is -0.200. The van der Waals surface area contributed by atoms with Gasteiger partial charge in [0.15, 0.2) is 0 Å². The number of imide groups is 2. The van der Waals surface area contributed by atoms with Crippen molar-refractivity contribution in [2.75, 3.05) is 9.80 Å². The average molecular weight is 427 g/mol. The molecule has 6 nitrogen and oxygen atoms in total. The fourth-order valence-electron chi connectivity index (χ4n) is 4.89. The van der Waals surface area contributed by atoms with E-state index in [1.54, 1.807) is 18.2 Å². The summed E-state index contributed by atoms with van der Waals surface area (Å²) in [6.07, 6.45) is 5.59. The maximum absolute atomic E-state index is 13.1. The fraction of sp³-hybridized carbons (Fsp3) is 0.600. The van der Waals surface area contributed by atoms with Crippen LogP contribution >= 0.6 is 0 Å². The molecule has 168 valence electrons. The molecule has 0 aliphatic carbocycles. The van der Waals surface area contributed by atoms with E-state index in [9.17, 15) is 19.2 Å². The van der Waals surface area contributed by atoms with E-state index in [1.807, 2.05) is 34.6 Å². The number of nitrogens with zero attached hydrogens (tertiary/aromatic N) is 2. The Kier molecular flexibility index (Phi) is 6.40. The zero-order chi connectivity index (χ0) is 23.0. The summed E-state index contributed by atoms with van der Waals surface area (Å²) >= 11 is 0. The first kappa shape index (κ1) is 23.2. The topological polar surface area (TPSA) is 74.8 Å².